The maximum atomic E-state index is 13.0. The van der Waals surface area contributed by atoms with E-state index in [4.69, 9.17) is 0 Å². The summed E-state index contributed by atoms with van der Waals surface area (Å²) in [6.45, 7) is 0. The van der Waals surface area contributed by atoms with Crippen molar-refractivity contribution < 1.29 is 9.59 Å². The summed E-state index contributed by atoms with van der Waals surface area (Å²) in [5, 5.41) is 9.94. The fourth-order valence-corrected chi connectivity index (χ4v) is 13.4. The molecule has 0 amide bonds. The number of hydrogen-bond donors (Lipinski definition) is 0. The van der Waals surface area contributed by atoms with Gasteiger partial charge in [-0.3, -0.25) is 9.59 Å². The number of thiophene rings is 2. The third kappa shape index (κ3) is 3.56. The van der Waals surface area contributed by atoms with Crippen LogP contribution >= 0.6 is 22.7 Å². The van der Waals surface area contributed by atoms with E-state index in [-0.39, 0.29) is 17.1 Å². The molecule has 0 saturated carbocycles. The van der Waals surface area contributed by atoms with Crippen LogP contribution in [0, 0.1) is 0 Å². The number of carbonyl (C=O) groups excluding carboxylic acids is 2. The van der Waals surface area contributed by atoms with E-state index in [1.165, 1.54) is 32.1 Å². The molecule has 0 radical (unpaired) electrons. The minimum Gasteiger partial charge on any atom is -0.302 e. The van der Waals surface area contributed by atoms with Gasteiger partial charge in [0.05, 0.1) is 5.57 Å². The third-order valence-corrected chi connectivity index (χ3v) is 14.9. The molecule has 0 spiro atoms. The highest BCUT2D eigenvalue weighted by Gasteiger charge is 2.48. The first kappa shape index (κ1) is 25.1. The van der Waals surface area contributed by atoms with Crippen LogP contribution in [0.2, 0.25) is 0 Å². The topological polar surface area (TPSA) is 37.4 Å². The molecule has 0 unspecified atom stereocenters. The fraction of sp³-hybridized carbons (Fsp3) is 0. The zero-order valence-electron chi connectivity index (χ0n) is 22.4. The van der Waals surface area contributed by atoms with E-state index in [0.717, 1.165) is 21.3 Å². The summed E-state index contributed by atoms with van der Waals surface area (Å²) in [4.78, 5) is 29.2. The van der Waals surface area contributed by atoms with E-state index < -0.39 is 8.07 Å². The maximum absolute atomic E-state index is 13.0. The van der Waals surface area contributed by atoms with E-state index >= 15 is 0 Å². The zero-order valence-corrected chi connectivity index (χ0v) is 25.0. The van der Waals surface area contributed by atoms with Crippen LogP contribution in [-0.4, -0.2) is 19.6 Å². The first-order chi connectivity index (χ1) is 20.7. The number of hydrogen-bond acceptors (Lipinski definition) is 5. The molecule has 3 heterocycles. The Morgan fingerprint density at radius 2 is 1.07 bits per heavy atom. The number of nitrogens with zero attached hydrogens (tertiary/aromatic N) is 1. The highest BCUT2D eigenvalue weighted by atomic mass is 32.1. The van der Waals surface area contributed by atoms with Crippen LogP contribution in [0.1, 0.15) is 25.6 Å². The number of allylic oxidation sites excluding steroid dienone is 1. The predicted octanol–water partition coefficient (Wildman–Crippen LogP) is 6.43. The molecule has 1 aliphatic heterocycles. The predicted molar refractivity (Wildman–Crippen MR) is 177 cm³/mol. The molecule has 3 nitrogen and oxygen atoms in total. The summed E-state index contributed by atoms with van der Waals surface area (Å²) in [7, 11) is -2.66. The molecule has 0 saturated heterocycles. The van der Waals surface area contributed by atoms with Gasteiger partial charge in [-0.05, 0) is 51.1 Å². The van der Waals surface area contributed by atoms with Gasteiger partial charge in [-0.15, -0.1) is 11.3 Å². The molecule has 2 aliphatic rings. The normalized spacial score (nSPS) is 14.9. The second kappa shape index (κ2) is 9.74. The second-order valence-electron chi connectivity index (χ2n) is 10.4. The molecule has 6 heteroatoms. The summed E-state index contributed by atoms with van der Waals surface area (Å²) < 4.78 is 0. The number of fused-ring (bicyclic) bond motifs is 3. The van der Waals surface area contributed by atoms with E-state index in [2.05, 4.69) is 120 Å². The first-order valence-corrected chi connectivity index (χ1v) is 17.5. The van der Waals surface area contributed by atoms with Gasteiger partial charge < -0.3 is 4.90 Å². The molecule has 8 rings (SSSR count). The lowest BCUT2D eigenvalue weighted by Gasteiger charge is -2.44. The van der Waals surface area contributed by atoms with E-state index in [0.29, 0.717) is 11.1 Å². The van der Waals surface area contributed by atoms with Crippen molar-refractivity contribution in [2.75, 3.05) is 4.90 Å². The summed E-state index contributed by atoms with van der Waals surface area (Å²) in [6.07, 6.45) is 1.76. The quantitative estimate of drug-likeness (QED) is 0.134. The number of carbonyl (C=O) groups is 2. The zero-order chi connectivity index (χ0) is 28.3. The standard InChI is InChI=1S/C36H23NO2S2Si/c38-35-27(36(39)29-23-40-22-28(29)35)21-24-19-20-34(41-24)37-30-15-7-9-17-32(30)42(25-11-3-1-4-12-25,26-13-5-2-6-14-26)33-18-10-8-16-31(33)37/h1-23H. The number of Topliss-reactive ketones (excluding diaryl/α,β-unsaturated/α-hetero) is 2. The molecule has 0 bridgehead atoms. The largest absolute Gasteiger partial charge is 0.302 e. The van der Waals surface area contributed by atoms with Gasteiger partial charge in [0, 0.05) is 38.1 Å². The van der Waals surface area contributed by atoms with E-state index in [1.54, 1.807) is 28.2 Å². The Kier molecular flexibility index (Phi) is 5.82. The van der Waals surface area contributed by atoms with Crippen LogP contribution in [0.3, 0.4) is 0 Å². The Balaban J connectivity index is 1.33. The van der Waals surface area contributed by atoms with Crippen molar-refractivity contribution in [2.45, 2.75) is 0 Å². The second-order valence-corrected chi connectivity index (χ2v) is 16.0. The highest BCUT2D eigenvalue weighted by Crippen LogP contribution is 2.42. The van der Waals surface area contributed by atoms with E-state index in [9.17, 15) is 9.59 Å². The maximum Gasteiger partial charge on any atom is 0.198 e. The summed E-state index contributed by atoms with van der Waals surface area (Å²) in [5.41, 5.74) is 3.61. The van der Waals surface area contributed by atoms with E-state index in [1.807, 2.05) is 6.07 Å². The lowest BCUT2D eigenvalue weighted by atomic mass is 10.1. The molecule has 42 heavy (non-hydrogen) atoms. The Hall–Kier alpha value is -4.62. The number of anilines is 3. The van der Waals surface area contributed by atoms with Crippen molar-refractivity contribution in [3.8, 4) is 0 Å². The summed E-state index contributed by atoms with van der Waals surface area (Å²) >= 11 is 2.99. The third-order valence-electron chi connectivity index (χ3n) is 8.27. The Bertz CT molecular complexity index is 1920. The van der Waals surface area contributed by atoms with Crippen LogP contribution in [0.15, 0.2) is 138 Å². The molecular formula is C36H23NO2S2Si. The molecule has 1 aliphatic carbocycles. The molecule has 6 aromatic rings. The first-order valence-electron chi connectivity index (χ1n) is 13.8. The molecule has 200 valence electrons. The van der Waals surface area contributed by atoms with Crippen molar-refractivity contribution in [2.24, 2.45) is 0 Å². The van der Waals surface area contributed by atoms with Crippen LogP contribution in [-0.2, 0) is 0 Å². The smallest absolute Gasteiger partial charge is 0.198 e. The van der Waals surface area contributed by atoms with Crippen molar-refractivity contribution in [1.82, 2.24) is 0 Å². The van der Waals surface area contributed by atoms with Crippen molar-refractivity contribution in [3.05, 3.63) is 154 Å². The van der Waals surface area contributed by atoms with Gasteiger partial charge in [-0.25, -0.2) is 0 Å². The van der Waals surface area contributed by atoms with Crippen molar-refractivity contribution >= 4 is 85.5 Å². The molecular weight excluding hydrogens is 571 g/mol. The lowest BCUT2D eigenvalue weighted by molar-refractivity contribution is 0.0990. The highest BCUT2D eigenvalue weighted by molar-refractivity contribution is 7.22. The van der Waals surface area contributed by atoms with Crippen LogP contribution < -0.4 is 25.6 Å². The van der Waals surface area contributed by atoms with Gasteiger partial charge in [0.15, 0.2) is 19.6 Å². The Morgan fingerprint density at radius 1 is 0.571 bits per heavy atom. The average Bonchev–Trinajstić information content (AvgIpc) is 3.77. The van der Waals surface area contributed by atoms with Crippen molar-refractivity contribution in [3.63, 3.8) is 0 Å². The Labute approximate surface area is 252 Å². The minimum absolute atomic E-state index is 0.179. The van der Waals surface area contributed by atoms with Crippen LogP contribution in [0.5, 0.6) is 0 Å². The fourth-order valence-electron chi connectivity index (χ4n) is 6.50. The summed E-state index contributed by atoms with van der Waals surface area (Å²) in [6, 6.07) is 43.6. The SMILES string of the molecule is O=C1C(=Cc2ccc(N3c4ccccc4[Si](c4ccccc4)(c4ccccc4)c4ccccc43)s2)C(=O)c2cscc21. The molecule has 0 atom stereocenters. The Morgan fingerprint density at radius 3 is 1.62 bits per heavy atom. The van der Waals surface area contributed by atoms with Gasteiger partial charge in [0.25, 0.3) is 0 Å². The summed E-state index contributed by atoms with van der Waals surface area (Å²) in [5.74, 6) is -0.359. The number of rotatable bonds is 4. The monoisotopic (exact) mass is 593 g/mol. The number of ketones is 2. The molecule has 0 N–H and O–H groups in total. The lowest BCUT2D eigenvalue weighted by Crippen LogP contribution is -2.77. The number of benzene rings is 4. The van der Waals surface area contributed by atoms with Gasteiger partial charge in [-0.2, -0.15) is 11.3 Å². The van der Waals surface area contributed by atoms with Crippen molar-refractivity contribution in [1.29, 1.82) is 0 Å². The van der Waals surface area contributed by atoms with Crippen LogP contribution in [0.25, 0.3) is 6.08 Å². The molecule has 0 fully saturated rings. The van der Waals surface area contributed by atoms with Crippen LogP contribution in [0.4, 0.5) is 16.4 Å². The van der Waals surface area contributed by atoms with Gasteiger partial charge >= 0.3 is 0 Å². The molecule has 2 aromatic heterocycles. The molecule has 4 aromatic carbocycles. The average molecular weight is 594 g/mol. The number of para-hydroxylation sites is 2. The van der Waals surface area contributed by atoms with Gasteiger partial charge in [0.1, 0.15) is 5.00 Å². The minimum atomic E-state index is -2.66. The van der Waals surface area contributed by atoms with Gasteiger partial charge in [0.2, 0.25) is 0 Å². The van der Waals surface area contributed by atoms with Gasteiger partial charge in [-0.1, -0.05) is 97.1 Å².